The van der Waals surface area contributed by atoms with Gasteiger partial charge in [0.2, 0.25) is 0 Å². The summed E-state index contributed by atoms with van der Waals surface area (Å²) in [6, 6.07) is 0.402. The molecule has 0 radical (unpaired) electrons. The van der Waals surface area contributed by atoms with Crippen molar-refractivity contribution in [3.8, 4) is 0 Å². The van der Waals surface area contributed by atoms with Crippen LogP contribution >= 0.6 is 11.3 Å². The number of hydrogen-bond acceptors (Lipinski definition) is 6. The summed E-state index contributed by atoms with van der Waals surface area (Å²) in [4.78, 5) is 19.4. The minimum atomic E-state index is 0.402. The van der Waals surface area contributed by atoms with E-state index < -0.39 is 0 Å². The molecule has 3 rings (SSSR count). The number of hydrogen-bond donors (Lipinski definition) is 0. The minimum absolute atomic E-state index is 0.402. The number of thiazole rings is 1. The lowest BCUT2D eigenvalue weighted by atomic mass is 10.1. The van der Waals surface area contributed by atoms with Crippen LogP contribution in [0.2, 0.25) is 0 Å². The summed E-state index contributed by atoms with van der Waals surface area (Å²) >= 11 is 1.73. The van der Waals surface area contributed by atoms with Crippen molar-refractivity contribution in [1.29, 1.82) is 0 Å². The first-order chi connectivity index (χ1) is 10.6. The van der Waals surface area contributed by atoms with Gasteiger partial charge < -0.3 is 4.90 Å². The zero-order chi connectivity index (χ0) is 15.5. The van der Waals surface area contributed by atoms with Crippen molar-refractivity contribution < 1.29 is 0 Å². The summed E-state index contributed by atoms with van der Waals surface area (Å²) in [6.07, 6.45) is 6.39. The molecular formula is C16H23N5S. The highest BCUT2D eigenvalue weighted by atomic mass is 32.1. The molecule has 1 fully saturated rings. The molecule has 22 heavy (non-hydrogen) atoms. The van der Waals surface area contributed by atoms with Gasteiger partial charge in [0.25, 0.3) is 0 Å². The molecule has 1 aliphatic heterocycles. The van der Waals surface area contributed by atoms with Crippen molar-refractivity contribution in [1.82, 2.24) is 24.8 Å². The molecule has 0 saturated carbocycles. The Kier molecular flexibility index (Phi) is 4.81. The molecular weight excluding hydrogens is 294 g/mol. The van der Waals surface area contributed by atoms with Crippen LogP contribution in [0.1, 0.15) is 40.8 Å². The van der Waals surface area contributed by atoms with Crippen molar-refractivity contribution in [2.24, 2.45) is 0 Å². The van der Waals surface area contributed by atoms with E-state index >= 15 is 0 Å². The van der Waals surface area contributed by atoms with Crippen molar-refractivity contribution in [2.75, 3.05) is 20.6 Å². The summed E-state index contributed by atoms with van der Waals surface area (Å²) in [5.74, 6) is 0.863. The second-order valence-electron chi connectivity index (χ2n) is 6.16. The van der Waals surface area contributed by atoms with Gasteiger partial charge in [-0.05, 0) is 40.4 Å². The Hall–Kier alpha value is -1.37. The fourth-order valence-corrected chi connectivity index (χ4v) is 3.73. The maximum absolute atomic E-state index is 4.80. The van der Waals surface area contributed by atoms with E-state index in [9.17, 15) is 0 Å². The molecule has 1 atom stereocenters. The van der Waals surface area contributed by atoms with Gasteiger partial charge in [-0.15, -0.1) is 11.3 Å². The van der Waals surface area contributed by atoms with E-state index in [0.717, 1.165) is 25.5 Å². The van der Waals surface area contributed by atoms with Gasteiger partial charge in [0, 0.05) is 35.9 Å². The lowest BCUT2D eigenvalue weighted by Gasteiger charge is -2.26. The Balaban J connectivity index is 1.86. The third-order valence-electron chi connectivity index (χ3n) is 4.03. The summed E-state index contributed by atoms with van der Waals surface area (Å²) in [6.45, 7) is 4.97. The van der Waals surface area contributed by atoms with Crippen LogP contribution in [0.4, 0.5) is 0 Å². The highest BCUT2D eigenvalue weighted by Crippen LogP contribution is 2.34. The van der Waals surface area contributed by atoms with Crippen LogP contribution in [0.3, 0.4) is 0 Å². The van der Waals surface area contributed by atoms with Gasteiger partial charge in [-0.3, -0.25) is 9.88 Å². The average molecular weight is 317 g/mol. The normalized spacial score (nSPS) is 19.2. The Morgan fingerprint density at radius 2 is 2.23 bits per heavy atom. The fraction of sp³-hybridized carbons (Fsp3) is 0.562. The number of likely N-dealkylation sites (tertiary alicyclic amines) is 1. The smallest absolute Gasteiger partial charge is 0.125 e. The van der Waals surface area contributed by atoms with Gasteiger partial charge >= 0.3 is 0 Å². The molecule has 118 valence electrons. The maximum Gasteiger partial charge on any atom is 0.125 e. The molecule has 2 aromatic heterocycles. The first-order valence-corrected chi connectivity index (χ1v) is 8.60. The van der Waals surface area contributed by atoms with E-state index in [0.29, 0.717) is 6.04 Å². The largest absolute Gasteiger partial charge is 0.305 e. The van der Waals surface area contributed by atoms with Crippen molar-refractivity contribution in [3.05, 3.63) is 39.9 Å². The van der Waals surface area contributed by atoms with E-state index in [2.05, 4.69) is 33.9 Å². The molecule has 5 nitrogen and oxygen atoms in total. The maximum atomic E-state index is 4.80. The quantitative estimate of drug-likeness (QED) is 0.848. The van der Waals surface area contributed by atoms with Crippen LogP contribution in [-0.2, 0) is 13.1 Å². The Morgan fingerprint density at radius 1 is 1.36 bits per heavy atom. The molecule has 1 unspecified atom stereocenters. The standard InChI is InChI=1S/C16H23N5S/c1-12-18-7-13(9-20(2)3)16(19-12)15-5-4-6-21(15)10-14-8-17-11-22-14/h7-8,11,15H,4-6,9-10H2,1-3H3. The summed E-state index contributed by atoms with van der Waals surface area (Å²) in [7, 11) is 4.18. The topological polar surface area (TPSA) is 45.2 Å². The van der Waals surface area contributed by atoms with Crippen LogP contribution in [0.15, 0.2) is 17.9 Å². The van der Waals surface area contributed by atoms with E-state index in [1.165, 1.54) is 29.0 Å². The molecule has 6 heteroatoms. The Bertz CT molecular complexity index is 611. The molecule has 0 bridgehead atoms. The van der Waals surface area contributed by atoms with Gasteiger partial charge in [-0.25, -0.2) is 9.97 Å². The minimum Gasteiger partial charge on any atom is -0.305 e. The van der Waals surface area contributed by atoms with Gasteiger partial charge in [0.15, 0.2) is 0 Å². The highest BCUT2D eigenvalue weighted by molar-refractivity contribution is 7.09. The van der Waals surface area contributed by atoms with E-state index in [1.807, 2.05) is 24.8 Å². The number of nitrogens with zero attached hydrogens (tertiary/aromatic N) is 5. The molecule has 3 heterocycles. The second kappa shape index (κ2) is 6.81. The molecule has 1 saturated heterocycles. The molecule has 0 N–H and O–H groups in total. The van der Waals surface area contributed by atoms with E-state index in [1.54, 1.807) is 11.3 Å². The first-order valence-electron chi connectivity index (χ1n) is 7.72. The summed E-state index contributed by atoms with van der Waals surface area (Å²) < 4.78 is 0. The van der Waals surface area contributed by atoms with Crippen LogP contribution < -0.4 is 0 Å². The second-order valence-corrected chi connectivity index (χ2v) is 7.13. The predicted octanol–water partition coefficient (Wildman–Crippen LogP) is 2.64. The van der Waals surface area contributed by atoms with Gasteiger partial charge in [-0.1, -0.05) is 0 Å². The lowest BCUT2D eigenvalue weighted by Crippen LogP contribution is -2.25. The zero-order valence-electron chi connectivity index (χ0n) is 13.5. The van der Waals surface area contributed by atoms with Gasteiger partial charge in [0.1, 0.15) is 5.82 Å². The SMILES string of the molecule is Cc1ncc(CN(C)C)c(C2CCCN2Cc2cncs2)n1. The van der Waals surface area contributed by atoms with Crippen molar-refractivity contribution in [3.63, 3.8) is 0 Å². The Morgan fingerprint density at radius 3 is 2.95 bits per heavy atom. The van der Waals surface area contributed by atoms with E-state index in [4.69, 9.17) is 4.98 Å². The molecule has 0 spiro atoms. The third kappa shape index (κ3) is 3.51. The Labute approximate surface area is 136 Å². The number of aromatic nitrogens is 3. The number of aryl methyl sites for hydroxylation is 1. The summed E-state index contributed by atoms with van der Waals surface area (Å²) in [5, 5.41) is 0. The molecule has 2 aromatic rings. The number of rotatable bonds is 5. The molecule has 0 aromatic carbocycles. The van der Waals surface area contributed by atoms with Crippen LogP contribution in [-0.4, -0.2) is 45.4 Å². The molecule has 0 aliphatic carbocycles. The van der Waals surface area contributed by atoms with Crippen molar-refractivity contribution >= 4 is 11.3 Å². The van der Waals surface area contributed by atoms with E-state index in [-0.39, 0.29) is 0 Å². The molecule has 0 amide bonds. The van der Waals surface area contributed by atoms with Crippen LogP contribution in [0, 0.1) is 6.92 Å². The van der Waals surface area contributed by atoms with Crippen molar-refractivity contribution in [2.45, 2.75) is 38.9 Å². The highest BCUT2D eigenvalue weighted by Gasteiger charge is 2.29. The van der Waals surface area contributed by atoms with Crippen LogP contribution in [0.25, 0.3) is 0 Å². The first kappa shape index (κ1) is 15.5. The lowest BCUT2D eigenvalue weighted by molar-refractivity contribution is 0.243. The predicted molar refractivity (Wildman–Crippen MR) is 88.7 cm³/mol. The van der Waals surface area contributed by atoms with Gasteiger partial charge in [-0.2, -0.15) is 0 Å². The average Bonchev–Trinajstić information content (AvgIpc) is 3.12. The third-order valence-corrected chi connectivity index (χ3v) is 4.79. The monoisotopic (exact) mass is 317 g/mol. The summed E-state index contributed by atoms with van der Waals surface area (Å²) in [5.41, 5.74) is 4.37. The zero-order valence-corrected chi connectivity index (χ0v) is 14.3. The van der Waals surface area contributed by atoms with Gasteiger partial charge in [0.05, 0.1) is 17.2 Å². The molecule has 1 aliphatic rings. The fourth-order valence-electron chi connectivity index (χ4n) is 3.11. The van der Waals surface area contributed by atoms with Crippen LogP contribution in [0.5, 0.6) is 0 Å².